The average molecular weight is 439 g/mol. The fraction of sp³-hybridized carbons (Fsp3) is 0.308. The maximum Gasteiger partial charge on any atom is 0.211 e. The number of nitrogens with zero attached hydrogens (tertiary/aromatic N) is 4. The van der Waals surface area contributed by atoms with Gasteiger partial charge in [0, 0.05) is 12.3 Å². The summed E-state index contributed by atoms with van der Waals surface area (Å²) in [6.07, 6.45) is 1.33. The summed E-state index contributed by atoms with van der Waals surface area (Å²) in [4.78, 5) is 18.2. The molecular weight excluding hydrogens is 416 g/mol. The maximum atomic E-state index is 13.4. The monoisotopic (exact) mass is 438 g/mol. The Kier molecular flexibility index (Phi) is 4.15. The number of fused-ring (bicyclic) bond motifs is 2. The normalized spacial score (nSPS) is 23.7. The summed E-state index contributed by atoms with van der Waals surface area (Å²) >= 11 is 1.55. The Morgan fingerprint density at radius 2 is 1.84 bits per heavy atom. The number of ketones is 1. The number of Topliss-reactive ketones (excluding diaryl/α,β-unsaturated/α-hetero) is 1. The zero-order valence-corrected chi connectivity index (χ0v) is 18.8. The van der Waals surface area contributed by atoms with Crippen molar-refractivity contribution in [3.05, 3.63) is 77.1 Å². The van der Waals surface area contributed by atoms with Crippen LogP contribution in [0, 0.1) is 16.7 Å². The number of thiazole rings is 1. The van der Waals surface area contributed by atoms with Gasteiger partial charge in [-0.2, -0.15) is 10.4 Å². The van der Waals surface area contributed by atoms with Crippen LogP contribution in [0.1, 0.15) is 71.8 Å². The van der Waals surface area contributed by atoms with Gasteiger partial charge in [0.1, 0.15) is 0 Å². The minimum Gasteiger partial charge on any atom is -0.294 e. The lowest BCUT2D eigenvalue weighted by Crippen LogP contribution is -2.32. The van der Waals surface area contributed by atoms with Gasteiger partial charge in [0.05, 0.1) is 39.2 Å². The molecule has 0 bridgehead atoms. The van der Waals surface area contributed by atoms with Gasteiger partial charge >= 0.3 is 0 Å². The highest BCUT2D eigenvalue weighted by Gasteiger charge is 2.50. The molecule has 6 heteroatoms. The van der Waals surface area contributed by atoms with E-state index >= 15 is 0 Å². The summed E-state index contributed by atoms with van der Waals surface area (Å²) in [5.41, 5.74) is 3.96. The van der Waals surface area contributed by atoms with E-state index in [1.807, 2.05) is 48.9 Å². The fourth-order valence-corrected chi connectivity index (χ4v) is 6.06. The molecule has 2 aromatic heterocycles. The molecular formula is C26H22N4OS. The highest BCUT2D eigenvalue weighted by atomic mass is 32.1. The van der Waals surface area contributed by atoms with Crippen molar-refractivity contribution in [1.82, 2.24) is 14.8 Å². The molecule has 0 N–H and O–H groups in total. The van der Waals surface area contributed by atoms with Crippen molar-refractivity contribution in [2.75, 3.05) is 0 Å². The summed E-state index contributed by atoms with van der Waals surface area (Å²) in [6, 6.07) is 20.9. The minimum absolute atomic E-state index is 0.0950. The standard InChI is InChI=1S/C26H22N4OS/c1-26(2)13-20(31)22-23(17-12-16(17)15-8-4-3-5-9-15)29-30(24(22)18(26)14-27)25-28-19-10-6-7-11-21(19)32-25/h3-11,16-18H,12-13H2,1-2H3/t16-,17+,18?/m0/s1. The second-order valence-corrected chi connectivity index (χ2v) is 10.5. The third-order valence-electron chi connectivity index (χ3n) is 6.86. The van der Waals surface area contributed by atoms with Crippen molar-refractivity contribution in [2.45, 2.75) is 44.4 Å². The summed E-state index contributed by atoms with van der Waals surface area (Å²) in [7, 11) is 0. The molecule has 0 radical (unpaired) electrons. The van der Waals surface area contributed by atoms with E-state index in [2.05, 4.69) is 30.3 Å². The van der Waals surface area contributed by atoms with E-state index in [4.69, 9.17) is 10.1 Å². The predicted octanol–water partition coefficient (Wildman–Crippen LogP) is 5.97. The van der Waals surface area contributed by atoms with Crippen LogP contribution in [0.3, 0.4) is 0 Å². The molecule has 0 spiro atoms. The zero-order chi connectivity index (χ0) is 22.0. The Bertz CT molecular complexity index is 1380. The highest BCUT2D eigenvalue weighted by molar-refractivity contribution is 7.20. The predicted molar refractivity (Wildman–Crippen MR) is 124 cm³/mol. The van der Waals surface area contributed by atoms with E-state index in [-0.39, 0.29) is 11.7 Å². The first kappa shape index (κ1) is 19.4. The number of carbonyl (C=O) groups is 1. The SMILES string of the molecule is CC1(C)CC(=O)c2c([C@@H]3C[C@H]3c3ccccc3)nn(-c3nc4ccccc4s3)c2C1C#N. The van der Waals surface area contributed by atoms with Crippen LogP contribution in [0.2, 0.25) is 0 Å². The van der Waals surface area contributed by atoms with Crippen LogP contribution in [-0.4, -0.2) is 20.5 Å². The number of para-hydroxylation sites is 1. The lowest BCUT2D eigenvalue weighted by Gasteiger charge is -2.33. The number of hydrogen-bond acceptors (Lipinski definition) is 5. The smallest absolute Gasteiger partial charge is 0.211 e. The average Bonchev–Trinajstić information content (AvgIpc) is 3.29. The van der Waals surface area contributed by atoms with Crippen LogP contribution in [0.5, 0.6) is 0 Å². The Balaban J connectivity index is 1.55. The lowest BCUT2D eigenvalue weighted by atomic mass is 9.68. The number of benzene rings is 2. The van der Waals surface area contributed by atoms with Crippen molar-refractivity contribution in [3.8, 4) is 11.2 Å². The van der Waals surface area contributed by atoms with Crippen LogP contribution in [0.15, 0.2) is 54.6 Å². The molecule has 6 rings (SSSR count). The molecule has 5 nitrogen and oxygen atoms in total. The molecule has 2 aliphatic carbocycles. The molecule has 0 amide bonds. The molecule has 0 saturated heterocycles. The van der Waals surface area contributed by atoms with E-state index in [1.165, 1.54) is 5.56 Å². The molecule has 4 aromatic rings. The van der Waals surface area contributed by atoms with Gasteiger partial charge in [-0.05, 0) is 35.4 Å². The fourth-order valence-electron chi connectivity index (χ4n) is 5.13. The molecule has 1 unspecified atom stereocenters. The van der Waals surface area contributed by atoms with Crippen molar-refractivity contribution >= 4 is 27.3 Å². The Labute approximate surface area is 190 Å². The Morgan fingerprint density at radius 1 is 1.09 bits per heavy atom. The lowest BCUT2D eigenvalue weighted by molar-refractivity contribution is 0.0898. The molecule has 2 heterocycles. The van der Waals surface area contributed by atoms with Crippen LogP contribution in [-0.2, 0) is 0 Å². The Morgan fingerprint density at radius 3 is 2.59 bits per heavy atom. The zero-order valence-electron chi connectivity index (χ0n) is 17.9. The minimum atomic E-state index is -0.451. The number of nitriles is 1. The van der Waals surface area contributed by atoms with Crippen molar-refractivity contribution in [1.29, 1.82) is 5.26 Å². The van der Waals surface area contributed by atoms with Gasteiger partial charge in [-0.3, -0.25) is 4.79 Å². The second kappa shape index (κ2) is 6.85. The van der Waals surface area contributed by atoms with E-state index in [0.29, 0.717) is 17.9 Å². The summed E-state index contributed by atoms with van der Waals surface area (Å²) in [6.45, 7) is 4.00. The van der Waals surface area contributed by atoms with Gasteiger partial charge in [-0.25, -0.2) is 9.67 Å². The van der Waals surface area contributed by atoms with Gasteiger partial charge < -0.3 is 0 Å². The van der Waals surface area contributed by atoms with Crippen molar-refractivity contribution in [2.24, 2.45) is 5.41 Å². The summed E-state index contributed by atoms with van der Waals surface area (Å²) in [5.74, 6) is 0.239. The first-order chi connectivity index (χ1) is 15.5. The van der Waals surface area contributed by atoms with Crippen molar-refractivity contribution in [3.63, 3.8) is 0 Å². The van der Waals surface area contributed by atoms with Crippen LogP contribution < -0.4 is 0 Å². The third-order valence-corrected chi connectivity index (χ3v) is 7.87. The third kappa shape index (κ3) is 2.85. The van der Waals surface area contributed by atoms with E-state index < -0.39 is 11.3 Å². The summed E-state index contributed by atoms with van der Waals surface area (Å²) < 4.78 is 2.87. The molecule has 0 aliphatic heterocycles. The molecule has 1 fully saturated rings. The molecule has 1 saturated carbocycles. The number of carbonyl (C=O) groups excluding carboxylic acids is 1. The van der Waals surface area contributed by atoms with Crippen molar-refractivity contribution < 1.29 is 4.79 Å². The quantitative estimate of drug-likeness (QED) is 0.395. The van der Waals surface area contributed by atoms with Gasteiger partial charge in [-0.15, -0.1) is 0 Å². The number of aromatic nitrogens is 3. The van der Waals surface area contributed by atoms with Crippen LogP contribution >= 0.6 is 11.3 Å². The topological polar surface area (TPSA) is 71.6 Å². The largest absolute Gasteiger partial charge is 0.294 e. The van der Waals surface area contributed by atoms with Crippen LogP contribution in [0.25, 0.3) is 15.3 Å². The van der Waals surface area contributed by atoms with Gasteiger partial charge in [0.15, 0.2) is 5.78 Å². The molecule has 158 valence electrons. The second-order valence-electron chi connectivity index (χ2n) is 9.53. The maximum absolute atomic E-state index is 13.4. The Hall–Kier alpha value is -3.30. The number of rotatable bonds is 3. The van der Waals surface area contributed by atoms with E-state index in [9.17, 15) is 10.1 Å². The van der Waals surface area contributed by atoms with Crippen LogP contribution in [0.4, 0.5) is 0 Å². The van der Waals surface area contributed by atoms with E-state index in [1.54, 1.807) is 11.3 Å². The number of hydrogen-bond donors (Lipinski definition) is 0. The molecule has 2 aliphatic rings. The highest BCUT2D eigenvalue weighted by Crippen LogP contribution is 2.57. The first-order valence-electron chi connectivity index (χ1n) is 10.9. The van der Waals surface area contributed by atoms with Gasteiger partial charge in [-0.1, -0.05) is 67.6 Å². The molecule has 3 atom stereocenters. The van der Waals surface area contributed by atoms with Gasteiger partial charge in [0.25, 0.3) is 0 Å². The first-order valence-corrected chi connectivity index (χ1v) is 11.8. The molecule has 32 heavy (non-hydrogen) atoms. The van der Waals surface area contributed by atoms with E-state index in [0.717, 1.165) is 33.2 Å². The molecule has 2 aromatic carbocycles. The summed E-state index contributed by atoms with van der Waals surface area (Å²) in [5, 5.41) is 15.9. The van der Waals surface area contributed by atoms with Gasteiger partial charge in [0.2, 0.25) is 5.13 Å².